The van der Waals surface area contributed by atoms with Crippen molar-refractivity contribution in [3.05, 3.63) is 40.2 Å². The van der Waals surface area contributed by atoms with Gasteiger partial charge in [-0.05, 0) is 12.1 Å². The zero-order valence-electron chi connectivity index (χ0n) is 9.03. The maximum absolute atomic E-state index is 13.0. The molecule has 0 aliphatic heterocycles. The zero-order valence-corrected chi connectivity index (χ0v) is 9.03. The van der Waals surface area contributed by atoms with E-state index < -0.39 is 5.82 Å². The number of hydrogen-bond donors (Lipinski definition) is 0. The molecule has 16 heavy (non-hydrogen) atoms. The van der Waals surface area contributed by atoms with Crippen LogP contribution in [0.1, 0.15) is 5.82 Å². The fourth-order valence-electron chi connectivity index (χ4n) is 1.55. The smallest absolute Gasteiger partial charge is 0.261 e. The lowest BCUT2D eigenvalue weighted by Gasteiger charge is -2.07. The minimum atomic E-state index is -0.406. The molecule has 0 saturated carbocycles. The molecule has 5 heteroatoms. The van der Waals surface area contributed by atoms with Crippen LogP contribution in [0.15, 0.2) is 23.0 Å². The van der Waals surface area contributed by atoms with Gasteiger partial charge in [-0.2, -0.15) is 0 Å². The van der Waals surface area contributed by atoms with Crippen LogP contribution in [-0.4, -0.2) is 16.7 Å². The summed E-state index contributed by atoms with van der Waals surface area (Å²) in [6.45, 7) is 0.220. The highest BCUT2D eigenvalue weighted by molar-refractivity contribution is 5.77. The average molecular weight is 222 g/mol. The van der Waals surface area contributed by atoms with Crippen molar-refractivity contribution in [2.24, 2.45) is 7.05 Å². The van der Waals surface area contributed by atoms with Crippen molar-refractivity contribution in [3.8, 4) is 0 Å². The summed E-state index contributed by atoms with van der Waals surface area (Å²) < 4.78 is 19.3. The van der Waals surface area contributed by atoms with E-state index in [9.17, 15) is 9.18 Å². The van der Waals surface area contributed by atoms with Gasteiger partial charge in [0.1, 0.15) is 18.2 Å². The Morgan fingerprint density at radius 2 is 2.25 bits per heavy atom. The monoisotopic (exact) mass is 222 g/mol. The van der Waals surface area contributed by atoms with Crippen LogP contribution < -0.4 is 5.56 Å². The molecule has 2 rings (SSSR count). The van der Waals surface area contributed by atoms with Gasteiger partial charge in [0.05, 0.1) is 10.9 Å². The molecule has 0 N–H and O–H groups in total. The van der Waals surface area contributed by atoms with Crippen LogP contribution in [0, 0.1) is 5.82 Å². The van der Waals surface area contributed by atoms with E-state index in [1.54, 1.807) is 7.05 Å². The standard InChI is InChI=1S/C11H11FN2O2/c1-14-10(6-16-2)13-9-5-7(12)3-4-8(9)11(14)15/h3-5H,6H2,1-2H3. The molecule has 4 nitrogen and oxygen atoms in total. The molecule has 0 bridgehead atoms. The van der Waals surface area contributed by atoms with Crippen molar-refractivity contribution in [2.75, 3.05) is 7.11 Å². The second-order valence-corrected chi connectivity index (χ2v) is 3.49. The van der Waals surface area contributed by atoms with Crippen LogP contribution >= 0.6 is 0 Å². The van der Waals surface area contributed by atoms with Gasteiger partial charge in [0, 0.05) is 20.2 Å². The molecule has 1 aromatic carbocycles. The second kappa shape index (κ2) is 4.02. The first-order valence-corrected chi connectivity index (χ1v) is 4.77. The largest absolute Gasteiger partial charge is 0.377 e. The Balaban J connectivity index is 2.78. The lowest BCUT2D eigenvalue weighted by atomic mass is 10.2. The third-order valence-corrected chi connectivity index (χ3v) is 2.40. The molecule has 0 saturated heterocycles. The van der Waals surface area contributed by atoms with E-state index >= 15 is 0 Å². The Hall–Kier alpha value is -1.75. The number of hydrogen-bond acceptors (Lipinski definition) is 3. The van der Waals surface area contributed by atoms with Crippen molar-refractivity contribution in [3.63, 3.8) is 0 Å². The molecular formula is C11H11FN2O2. The van der Waals surface area contributed by atoms with E-state index in [4.69, 9.17) is 4.74 Å². The fourth-order valence-corrected chi connectivity index (χ4v) is 1.55. The van der Waals surface area contributed by atoms with Crippen molar-refractivity contribution in [2.45, 2.75) is 6.61 Å². The topological polar surface area (TPSA) is 44.1 Å². The number of rotatable bonds is 2. The number of halogens is 1. The Morgan fingerprint density at radius 1 is 1.50 bits per heavy atom. The molecular weight excluding hydrogens is 211 g/mol. The summed E-state index contributed by atoms with van der Waals surface area (Å²) in [4.78, 5) is 16.1. The first-order valence-electron chi connectivity index (χ1n) is 4.77. The van der Waals surface area contributed by atoms with Crippen LogP contribution in [0.25, 0.3) is 10.9 Å². The van der Waals surface area contributed by atoms with Crippen molar-refractivity contribution in [1.29, 1.82) is 0 Å². The van der Waals surface area contributed by atoms with E-state index in [0.29, 0.717) is 16.7 Å². The first-order chi connectivity index (χ1) is 7.63. The molecule has 0 atom stereocenters. The predicted molar refractivity (Wildman–Crippen MR) is 57.7 cm³/mol. The lowest BCUT2D eigenvalue weighted by Crippen LogP contribution is -2.22. The number of methoxy groups -OCH3 is 1. The maximum Gasteiger partial charge on any atom is 0.261 e. The third-order valence-electron chi connectivity index (χ3n) is 2.40. The molecule has 1 aromatic heterocycles. The summed E-state index contributed by atoms with van der Waals surface area (Å²) >= 11 is 0. The summed E-state index contributed by atoms with van der Waals surface area (Å²) in [6, 6.07) is 3.94. The van der Waals surface area contributed by atoms with Gasteiger partial charge >= 0.3 is 0 Å². The molecule has 0 aliphatic carbocycles. The minimum absolute atomic E-state index is 0.197. The minimum Gasteiger partial charge on any atom is -0.377 e. The first kappa shape index (κ1) is 10.8. The Morgan fingerprint density at radius 3 is 2.94 bits per heavy atom. The van der Waals surface area contributed by atoms with Gasteiger partial charge in [-0.15, -0.1) is 0 Å². The molecule has 0 spiro atoms. The predicted octanol–water partition coefficient (Wildman–Crippen LogP) is 1.22. The van der Waals surface area contributed by atoms with E-state index in [2.05, 4.69) is 4.98 Å². The highest BCUT2D eigenvalue weighted by atomic mass is 19.1. The number of aromatic nitrogens is 2. The molecule has 0 aliphatic rings. The van der Waals surface area contributed by atoms with E-state index in [0.717, 1.165) is 0 Å². The third kappa shape index (κ3) is 1.69. The molecule has 2 aromatic rings. The van der Waals surface area contributed by atoms with Gasteiger partial charge in [-0.1, -0.05) is 0 Å². The van der Waals surface area contributed by atoms with Gasteiger partial charge in [-0.3, -0.25) is 9.36 Å². The molecule has 0 amide bonds. The Kier molecular flexibility index (Phi) is 2.70. The second-order valence-electron chi connectivity index (χ2n) is 3.49. The Bertz CT molecular complexity index is 592. The quantitative estimate of drug-likeness (QED) is 0.767. The van der Waals surface area contributed by atoms with Crippen LogP contribution in [0.2, 0.25) is 0 Å². The fraction of sp³-hybridized carbons (Fsp3) is 0.273. The van der Waals surface area contributed by atoms with Crippen molar-refractivity contribution in [1.82, 2.24) is 9.55 Å². The normalized spacial score (nSPS) is 10.9. The molecule has 0 fully saturated rings. The average Bonchev–Trinajstić information content (AvgIpc) is 2.25. The highest BCUT2D eigenvalue weighted by Gasteiger charge is 2.08. The van der Waals surface area contributed by atoms with Crippen LogP contribution in [0.4, 0.5) is 4.39 Å². The number of nitrogens with zero attached hydrogens (tertiary/aromatic N) is 2. The lowest BCUT2D eigenvalue weighted by molar-refractivity contribution is 0.174. The van der Waals surface area contributed by atoms with Gasteiger partial charge < -0.3 is 4.74 Å². The number of fused-ring (bicyclic) bond motifs is 1. The van der Waals surface area contributed by atoms with Crippen LogP contribution in [0.3, 0.4) is 0 Å². The van der Waals surface area contributed by atoms with Gasteiger partial charge in [-0.25, -0.2) is 9.37 Å². The number of benzene rings is 1. The molecule has 0 radical (unpaired) electrons. The highest BCUT2D eigenvalue weighted by Crippen LogP contribution is 2.10. The molecule has 0 unspecified atom stereocenters. The molecule has 84 valence electrons. The zero-order chi connectivity index (χ0) is 11.7. The summed E-state index contributed by atoms with van der Waals surface area (Å²) in [5, 5.41) is 0.406. The Labute approximate surface area is 91.3 Å². The van der Waals surface area contributed by atoms with Crippen molar-refractivity contribution < 1.29 is 9.13 Å². The summed E-state index contributed by atoms with van der Waals surface area (Å²) in [6.07, 6.45) is 0. The van der Waals surface area contributed by atoms with E-state index in [1.807, 2.05) is 0 Å². The van der Waals surface area contributed by atoms with Crippen LogP contribution in [-0.2, 0) is 18.4 Å². The summed E-state index contributed by atoms with van der Waals surface area (Å²) in [5.74, 6) is 0.0715. The van der Waals surface area contributed by atoms with Gasteiger partial charge in [0.2, 0.25) is 0 Å². The van der Waals surface area contributed by atoms with Gasteiger partial charge in [0.15, 0.2) is 0 Å². The van der Waals surface area contributed by atoms with E-state index in [1.165, 1.54) is 29.9 Å². The summed E-state index contributed by atoms with van der Waals surface area (Å²) in [5.41, 5.74) is 0.159. The molecule has 1 heterocycles. The number of ether oxygens (including phenoxy) is 1. The maximum atomic E-state index is 13.0. The van der Waals surface area contributed by atoms with Crippen molar-refractivity contribution >= 4 is 10.9 Å². The SMILES string of the molecule is COCc1nc2cc(F)ccc2c(=O)n1C. The van der Waals surface area contributed by atoms with E-state index in [-0.39, 0.29) is 12.2 Å². The summed E-state index contributed by atoms with van der Waals surface area (Å²) in [7, 11) is 3.13. The van der Waals surface area contributed by atoms with Crippen LogP contribution in [0.5, 0.6) is 0 Å². The van der Waals surface area contributed by atoms with Gasteiger partial charge in [0.25, 0.3) is 5.56 Å².